The Labute approximate surface area is 105 Å². The van der Waals surface area contributed by atoms with E-state index in [2.05, 4.69) is 9.71 Å². The van der Waals surface area contributed by atoms with Crippen LogP contribution in [0.25, 0.3) is 0 Å². The van der Waals surface area contributed by atoms with Crippen LogP contribution in [0.3, 0.4) is 0 Å². The number of aryl methyl sites for hydroxylation is 1. The molecule has 1 heterocycles. The fraction of sp³-hybridized carbons (Fsp3) is 0.0833. The maximum absolute atomic E-state index is 12.7. The zero-order valence-electron chi connectivity index (χ0n) is 9.59. The van der Waals surface area contributed by atoms with Crippen molar-refractivity contribution in [3.8, 4) is 0 Å². The van der Waals surface area contributed by atoms with Crippen molar-refractivity contribution in [3.63, 3.8) is 0 Å². The molecule has 0 atom stereocenters. The van der Waals surface area contributed by atoms with Gasteiger partial charge in [-0.3, -0.25) is 4.72 Å². The van der Waals surface area contributed by atoms with Gasteiger partial charge in [-0.05, 0) is 43.3 Å². The molecule has 0 unspecified atom stereocenters. The van der Waals surface area contributed by atoms with E-state index in [0.29, 0.717) is 5.69 Å². The van der Waals surface area contributed by atoms with Gasteiger partial charge in [0.1, 0.15) is 11.6 Å². The molecule has 0 fully saturated rings. The van der Waals surface area contributed by atoms with Gasteiger partial charge in [0.2, 0.25) is 0 Å². The maximum Gasteiger partial charge on any atom is 0.263 e. The molecule has 2 aromatic rings. The van der Waals surface area contributed by atoms with Crippen molar-refractivity contribution >= 4 is 15.8 Å². The smallest absolute Gasteiger partial charge is 0.263 e. The van der Waals surface area contributed by atoms with E-state index in [0.717, 1.165) is 12.1 Å². The van der Waals surface area contributed by atoms with E-state index in [1.165, 1.54) is 12.1 Å². The summed E-state index contributed by atoms with van der Waals surface area (Å²) < 4.78 is 39.0. The Morgan fingerprint density at radius 2 is 1.78 bits per heavy atom. The molecule has 1 N–H and O–H groups in total. The summed E-state index contributed by atoms with van der Waals surface area (Å²) in [5.41, 5.74) is 0.703. The van der Waals surface area contributed by atoms with Gasteiger partial charge in [0.15, 0.2) is 0 Å². The average molecular weight is 266 g/mol. The molecule has 2 rings (SSSR count). The third kappa shape index (κ3) is 2.84. The second-order valence-electron chi connectivity index (χ2n) is 3.72. The molecule has 0 amide bonds. The Morgan fingerprint density at radius 1 is 1.11 bits per heavy atom. The second-order valence-corrected chi connectivity index (χ2v) is 5.41. The summed E-state index contributed by atoms with van der Waals surface area (Å²) in [6.45, 7) is 1.76. The molecule has 1 aromatic carbocycles. The number of pyridine rings is 1. The van der Waals surface area contributed by atoms with E-state index in [-0.39, 0.29) is 10.7 Å². The van der Waals surface area contributed by atoms with Crippen LogP contribution >= 0.6 is 0 Å². The minimum atomic E-state index is -3.73. The average Bonchev–Trinajstić information content (AvgIpc) is 2.29. The highest BCUT2D eigenvalue weighted by Crippen LogP contribution is 2.14. The molecule has 0 spiro atoms. The van der Waals surface area contributed by atoms with Gasteiger partial charge in [-0.25, -0.2) is 17.8 Å². The molecule has 18 heavy (non-hydrogen) atoms. The van der Waals surface area contributed by atoms with Gasteiger partial charge in [0.05, 0.1) is 4.90 Å². The van der Waals surface area contributed by atoms with Gasteiger partial charge in [-0.2, -0.15) is 0 Å². The summed E-state index contributed by atoms with van der Waals surface area (Å²) in [7, 11) is -3.73. The Morgan fingerprint density at radius 3 is 2.39 bits per heavy atom. The first kappa shape index (κ1) is 12.5. The minimum Gasteiger partial charge on any atom is -0.263 e. The van der Waals surface area contributed by atoms with E-state index < -0.39 is 15.8 Å². The number of nitrogens with one attached hydrogen (secondary N) is 1. The van der Waals surface area contributed by atoms with Crippen molar-refractivity contribution in [1.29, 1.82) is 0 Å². The zero-order chi connectivity index (χ0) is 13.2. The highest BCUT2D eigenvalue weighted by Gasteiger charge is 2.14. The lowest BCUT2D eigenvalue weighted by molar-refractivity contribution is 0.599. The molecule has 0 aliphatic rings. The molecule has 0 saturated heterocycles. The topological polar surface area (TPSA) is 59.1 Å². The summed E-state index contributed by atoms with van der Waals surface area (Å²) in [6.07, 6.45) is 0. The predicted octanol–water partition coefficient (Wildman–Crippen LogP) is 2.33. The van der Waals surface area contributed by atoms with Crippen LogP contribution in [0.2, 0.25) is 0 Å². The number of benzene rings is 1. The van der Waals surface area contributed by atoms with E-state index in [9.17, 15) is 12.8 Å². The first-order valence-corrected chi connectivity index (χ1v) is 6.68. The molecule has 0 radical (unpaired) electrons. The van der Waals surface area contributed by atoms with E-state index >= 15 is 0 Å². The van der Waals surface area contributed by atoms with Crippen molar-refractivity contribution < 1.29 is 12.8 Å². The van der Waals surface area contributed by atoms with E-state index in [1.54, 1.807) is 25.1 Å². The molecule has 0 bridgehead atoms. The Hall–Kier alpha value is -1.95. The molecule has 1 aromatic heterocycles. The van der Waals surface area contributed by atoms with Gasteiger partial charge in [0, 0.05) is 5.69 Å². The standard InChI is InChI=1S/C12H11FN2O2S/c1-9-3-2-4-12(14-9)15-18(16,17)11-7-5-10(13)6-8-11/h2-8H,1H3,(H,14,15). The van der Waals surface area contributed by atoms with Crippen molar-refractivity contribution in [2.45, 2.75) is 11.8 Å². The van der Waals surface area contributed by atoms with Crippen LogP contribution in [0.4, 0.5) is 10.2 Å². The number of sulfonamides is 1. The normalized spacial score (nSPS) is 11.2. The summed E-state index contributed by atoms with van der Waals surface area (Å²) in [5, 5.41) is 0. The van der Waals surface area contributed by atoms with Gasteiger partial charge in [-0.15, -0.1) is 0 Å². The van der Waals surface area contributed by atoms with E-state index in [4.69, 9.17) is 0 Å². The monoisotopic (exact) mass is 266 g/mol. The van der Waals surface area contributed by atoms with Crippen LogP contribution in [-0.2, 0) is 10.0 Å². The van der Waals surface area contributed by atoms with E-state index in [1.807, 2.05) is 0 Å². The fourth-order valence-electron chi connectivity index (χ4n) is 1.41. The van der Waals surface area contributed by atoms with Gasteiger partial charge < -0.3 is 0 Å². The van der Waals surface area contributed by atoms with Crippen molar-refractivity contribution in [2.75, 3.05) is 4.72 Å². The zero-order valence-corrected chi connectivity index (χ0v) is 10.4. The highest BCUT2D eigenvalue weighted by atomic mass is 32.2. The van der Waals surface area contributed by atoms with Crippen LogP contribution in [-0.4, -0.2) is 13.4 Å². The lowest BCUT2D eigenvalue weighted by atomic mass is 10.4. The van der Waals surface area contributed by atoms with Gasteiger partial charge in [0.25, 0.3) is 10.0 Å². The van der Waals surface area contributed by atoms with Crippen LogP contribution in [0.5, 0.6) is 0 Å². The molecule has 94 valence electrons. The predicted molar refractivity (Wildman–Crippen MR) is 66.2 cm³/mol. The number of halogens is 1. The quantitative estimate of drug-likeness (QED) is 0.927. The molecular weight excluding hydrogens is 255 g/mol. The summed E-state index contributed by atoms with van der Waals surface area (Å²) >= 11 is 0. The number of rotatable bonds is 3. The Balaban J connectivity index is 2.30. The highest BCUT2D eigenvalue weighted by molar-refractivity contribution is 7.92. The lowest BCUT2D eigenvalue weighted by Crippen LogP contribution is -2.14. The Bertz CT molecular complexity index is 654. The first-order chi connectivity index (χ1) is 8.47. The fourth-order valence-corrected chi connectivity index (χ4v) is 2.41. The maximum atomic E-state index is 12.7. The largest absolute Gasteiger partial charge is 0.263 e. The molecule has 0 aliphatic carbocycles. The molecule has 0 aliphatic heterocycles. The summed E-state index contributed by atoms with van der Waals surface area (Å²) in [5.74, 6) is -0.248. The number of anilines is 1. The number of hydrogen-bond donors (Lipinski definition) is 1. The van der Waals surface area contributed by atoms with Gasteiger partial charge in [-0.1, -0.05) is 6.07 Å². The van der Waals surface area contributed by atoms with Crippen LogP contribution in [0, 0.1) is 12.7 Å². The second kappa shape index (κ2) is 4.73. The molecular formula is C12H11FN2O2S. The summed E-state index contributed by atoms with van der Waals surface area (Å²) in [6, 6.07) is 9.60. The van der Waals surface area contributed by atoms with Gasteiger partial charge >= 0.3 is 0 Å². The third-order valence-electron chi connectivity index (χ3n) is 2.25. The van der Waals surface area contributed by atoms with Crippen molar-refractivity contribution in [2.24, 2.45) is 0 Å². The summed E-state index contributed by atoms with van der Waals surface area (Å²) in [4.78, 5) is 4.03. The SMILES string of the molecule is Cc1cccc(NS(=O)(=O)c2ccc(F)cc2)n1. The Kier molecular flexibility index (Phi) is 3.29. The van der Waals surface area contributed by atoms with Crippen molar-refractivity contribution in [1.82, 2.24) is 4.98 Å². The first-order valence-electron chi connectivity index (χ1n) is 5.19. The molecule has 0 saturated carbocycles. The van der Waals surface area contributed by atoms with Crippen molar-refractivity contribution in [3.05, 3.63) is 54.0 Å². The van der Waals surface area contributed by atoms with Crippen LogP contribution in [0.1, 0.15) is 5.69 Å². The number of hydrogen-bond acceptors (Lipinski definition) is 3. The van der Waals surface area contributed by atoms with Crippen LogP contribution in [0.15, 0.2) is 47.4 Å². The van der Waals surface area contributed by atoms with Crippen LogP contribution < -0.4 is 4.72 Å². The molecule has 4 nitrogen and oxygen atoms in total. The number of aromatic nitrogens is 1. The minimum absolute atomic E-state index is 0.00722. The lowest BCUT2D eigenvalue weighted by Gasteiger charge is -2.07. The number of nitrogens with zero attached hydrogens (tertiary/aromatic N) is 1. The third-order valence-corrected chi connectivity index (χ3v) is 3.62. The molecule has 6 heteroatoms.